The number of methoxy groups -OCH3 is 1. The number of hydrogen-bond donors (Lipinski definition) is 1. The van der Waals surface area contributed by atoms with Gasteiger partial charge in [-0.1, -0.05) is 36.4 Å². The maximum atomic E-state index is 11.4. The number of benzene rings is 2. The highest BCUT2D eigenvalue weighted by atomic mass is 16.6. The summed E-state index contributed by atoms with van der Waals surface area (Å²) in [4.78, 5) is 15.2. The van der Waals surface area contributed by atoms with E-state index in [1.54, 1.807) is 13.0 Å². The molecular weight excluding hydrogens is 344 g/mol. The van der Waals surface area contributed by atoms with Crippen LogP contribution >= 0.6 is 0 Å². The summed E-state index contributed by atoms with van der Waals surface area (Å²) in [7, 11) is 1.37. The number of nitriles is 1. The van der Waals surface area contributed by atoms with E-state index in [1.807, 2.05) is 30.3 Å². The van der Waals surface area contributed by atoms with E-state index in [4.69, 9.17) is 10.5 Å². The molecule has 1 aromatic heterocycles. The number of rotatable bonds is 4. The monoisotopic (exact) mass is 360 g/mol. The lowest BCUT2D eigenvalue weighted by molar-refractivity contribution is -0.385. The normalized spacial score (nSPS) is 10.3. The third-order valence-electron chi connectivity index (χ3n) is 4.24. The van der Waals surface area contributed by atoms with Crippen molar-refractivity contribution in [3.63, 3.8) is 0 Å². The van der Waals surface area contributed by atoms with Crippen molar-refractivity contribution in [2.24, 2.45) is 0 Å². The lowest BCUT2D eigenvalue weighted by Gasteiger charge is -2.16. The van der Waals surface area contributed by atoms with Gasteiger partial charge in [0, 0.05) is 22.9 Å². The second-order valence-corrected chi connectivity index (χ2v) is 5.83. The van der Waals surface area contributed by atoms with Crippen molar-refractivity contribution in [2.75, 3.05) is 12.8 Å². The van der Waals surface area contributed by atoms with E-state index in [0.29, 0.717) is 22.4 Å². The van der Waals surface area contributed by atoms with E-state index >= 15 is 0 Å². The second kappa shape index (κ2) is 7.14. The van der Waals surface area contributed by atoms with Crippen molar-refractivity contribution in [2.45, 2.75) is 6.92 Å². The molecule has 0 saturated carbocycles. The maximum Gasteiger partial charge on any atom is 0.311 e. The minimum Gasteiger partial charge on any atom is -0.490 e. The number of pyridine rings is 1. The molecule has 3 aromatic rings. The number of hydrogen-bond acceptors (Lipinski definition) is 6. The van der Waals surface area contributed by atoms with Gasteiger partial charge in [0.25, 0.3) is 0 Å². The van der Waals surface area contributed by atoms with Gasteiger partial charge in [0.15, 0.2) is 5.75 Å². The Morgan fingerprint density at radius 1 is 1.15 bits per heavy atom. The van der Waals surface area contributed by atoms with Gasteiger partial charge in [0.05, 0.1) is 12.0 Å². The Kier molecular flexibility index (Phi) is 4.73. The van der Waals surface area contributed by atoms with E-state index in [0.717, 1.165) is 5.56 Å². The quantitative estimate of drug-likeness (QED) is 0.553. The molecule has 0 amide bonds. The molecule has 27 heavy (non-hydrogen) atoms. The molecule has 7 nitrogen and oxygen atoms in total. The Bertz CT molecular complexity index is 1070. The summed E-state index contributed by atoms with van der Waals surface area (Å²) in [5.41, 5.74) is 9.16. The van der Waals surface area contributed by atoms with Crippen molar-refractivity contribution < 1.29 is 9.66 Å². The number of nitro groups is 1. The first-order valence-electron chi connectivity index (χ1n) is 8.06. The molecule has 0 spiro atoms. The molecule has 0 fully saturated rings. The molecule has 0 aliphatic carbocycles. The van der Waals surface area contributed by atoms with Crippen LogP contribution in [0.4, 0.5) is 11.5 Å². The number of anilines is 1. The highest BCUT2D eigenvalue weighted by Crippen LogP contribution is 2.41. The third kappa shape index (κ3) is 3.16. The molecule has 1 heterocycles. The maximum absolute atomic E-state index is 11.4. The van der Waals surface area contributed by atoms with Crippen molar-refractivity contribution in [1.82, 2.24) is 4.98 Å². The van der Waals surface area contributed by atoms with Gasteiger partial charge >= 0.3 is 5.69 Å². The molecule has 3 rings (SSSR count). The average Bonchev–Trinajstić information content (AvgIpc) is 2.67. The van der Waals surface area contributed by atoms with E-state index in [1.165, 1.54) is 19.2 Å². The van der Waals surface area contributed by atoms with Crippen molar-refractivity contribution in [3.05, 3.63) is 69.9 Å². The Morgan fingerprint density at radius 2 is 1.85 bits per heavy atom. The number of nitrogens with two attached hydrogens (primary N) is 1. The number of nitrogens with zero attached hydrogens (tertiary/aromatic N) is 3. The van der Waals surface area contributed by atoms with Gasteiger partial charge < -0.3 is 10.5 Å². The highest BCUT2D eigenvalue weighted by Gasteiger charge is 2.23. The molecular formula is C20H16N4O3. The zero-order chi connectivity index (χ0) is 19.6. The van der Waals surface area contributed by atoms with Crippen LogP contribution in [0.25, 0.3) is 22.3 Å². The average molecular weight is 360 g/mol. The van der Waals surface area contributed by atoms with Crippen LogP contribution in [-0.4, -0.2) is 17.0 Å². The van der Waals surface area contributed by atoms with Crippen LogP contribution in [0.15, 0.2) is 48.5 Å². The van der Waals surface area contributed by atoms with Gasteiger partial charge in [-0.3, -0.25) is 10.1 Å². The molecule has 2 N–H and O–H groups in total. The Morgan fingerprint density at radius 3 is 2.44 bits per heavy atom. The smallest absolute Gasteiger partial charge is 0.311 e. The molecule has 2 aromatic carbocycles. The van der Waals surface area contributed by atoms with Crippen molar-refractivity contribution >= 4 is 11.5 Å². The number of aryl methyl sites for hydroxylation is 1. The van der Waals surface area contributed by atoms with Gasteiger partial charge in [0.2, 0.25) is 0 Å². The van der Waals surface area contributed by atoms with Crippen LogP contribution in [0.2, 0.25) is 0 Å². The topological polar surface area (TPSA) is 115 Å². The Labute approximate surface area is 155 Å². The van der Waals surface area contributed by atoms with Crippen LogP contribution in [0.1, 0.15) is 11.3 Å². The summed E-state index contributed by atoms with van der Waals surface area (Å²) in [5, 5.41) is 21.1. The first-order chi connectivity index (χ1) is 13.0. The molecule has 0 radical (unpaired) electrons. The zero-order valence-corrected chi connectivity index (χ0v) is 14.8. The van der Waals surface area contributed by atoms with Crippen molar-refractivity contribution in [1.29, 1.82) is 5.26 Å². The first-order valence-corrected chi connectivity index (χ1v) is 8.06. The minimum atomic E-state index is -0.520. The summed E-state index contributed by atoms with van der Waals surface area (Å²) >= 11 is 0. The van der Waals surface area contributed by atoms with Gasteiger partial charge in [-0.2, -0.15) is 5.26 Å². The highest BCUT2D eigenvalue weighted by molar-refractivity contribution is 5.91. The second-order valence-electron chi connectivity index (χ2n) is 5.83. The first kappa shape index (κ1) is 17.9. The summed E-state index contributed by atoms with van der Waals surface area (Å²) in [6.45, 7) is 1.79. The van der Waals surface area contributed by atoms with Gasteiger partial charge in [-0.05, 0) is 24.1 Å². The van der Waals surface area contributed by atoms with Crippen LogP contribution in [-0.2, 0) is 0 Å². The standard InChI is InChI=1S/C20H16N4O3/c1-12-18(13-6-4-3-5-7-13)19(15(11-21)20(22)23-12)14-8-9-17(27-2)16(10-14)24(25)26/h3-10H,1-2H3,(H2,22,23). The largest absolute Gasteiger partial charge is 0.490 e. The lowest BCUT2D eigenvalue weighted by Crippen LogP contribution is -2.03. The summed E-state index contributed by atoms with van der Waals surface area (Å²) in [6, 6.07) is 16.1. The van der Waals surface area contributed by atoms with Gasteiger partial charge in [0.1, 0.15) is 17.5 Å². The van der Waals surface area contributed by atoms with Crippen LogP contribution in [0.3, 0.4) is 0 Å². The Balaban J connectivity index is 2.41. The Hall–Kier alpha value is -3.92. The molecule has 0 unspecified atom stereocenters. The van der Waals surface area contributed by atoms with E-state index < -0.39 is 4.92 Å². The molecule has 0 aliphatic rings. The predicted octanol–water partition coefficient (Wildman–Crippen LogP) is 4.09. The zero-order valence-electron chi connectivity index (χ0n) is 14.8. The molecule has 0 atom stereocenters. The number of nitro benzene ring substituents is 1. The number of aromatic nitrogens is 1. The molecule has 134 valence electrons. The molecule has 0 saturated heterocycles. The van der Waals surface area contributed by atoms with E-state index in [9.17, 15) is 15.4 Å². The summed E-state index contributed by atoms with van der Waals surface area (Å²) in [5.74, 6) is 0.227. The fourth-order valence-corrected chi connectivity index (χ4v) is 3.07. The third-order valence-corrected chi connectivity index (χ3v) is 4.24. The molecule has 0 bridgehead atoms. The predicted molar refractivity (Wildman–Crippen MR) is 102 cm³/mol. The number of nitrogen functional groups attached to an aromatic ring is 1. The van der Waals surface area contributed by atoms with E-state index in [2.05, 4.69) is 11.1 Å². The molecule has 0 aliphatic heterocycles. The number of ether oxygens (including phenoxy) is 1. The fraction of sp³-hybridized carbons (Fsp3) is 0.100. The van der Waals surface area contributed by atoms with Crippen LogP contribution in [0.5, 0.6) is 5.75 Å². The van der Waals surface area contributed by atoms with Crippen molar-refractivity contribution in [3.8, 4) is 34.1 Å². The van der Waals surface area contributed by atoms with Gasteiger partial charge in [-0.25, -0.2) is 4.98 Å². The molecule has 7 heteroatoms. The van der Waals surface area contributed by atoms with Crippen LogP contribution in [0, 0.1) is 28.4 Å². The fourth-order valence-electron chi connectivity index (χ4n) is 3.07. The SMILES string of the molecule is COc1ccc(-c2c(C#N)c(N)nc(C)c2-c2ccccc2)cc1[N+](=O)[O-]. The lowest BCUT2D eigenvalue weighted by atomic mass is 9.90. The van der Waals surface area contributed by atoms with Crippen LogP contribution < -0.4 is 10.5 Å². The summed E-state index contributed by atoms with van der Waals surface area (Å²) in [6.07, 6.45) is 0. The van der Waals surface area contributed by atoms with E-state index in [-0.39, 0.29) is 22.8 Å². The summed E-state index contributed by atoms with van der Waals surface area (Å²) < 4.78 is 5.07. The van der Waals surface area contributed by atoms with Gasteiger partial charge in [-0.15, -0.1) is 0 Å². The minimum absolute atomic E-state index is 0.0863.